The van der Waals surface area contributed by atoms with E-state index < -0.39 is 41.3 Å². The Bertz CT molecular complexity index is 3410. The molecule has 21 heteroatoms. The number of aromatic nitrogens is 6. The van der Waals surface area contributed by atoms with Gasteiger partial charge in [0.25, 0.3) is 11.8 Å². The molecule has 1 unspecified atom stereocenters. The van der Waals surface area contributed by atoms with Gasteiger partial charge in [-0.2, -0.15) is 18.3 Å². The number of hydrogen-bond donors (Lipinski definition) is 2. The number of carbonyl (C=O) groups is 4. The number of nitrogens with zero attached hydrogens (tertiary/aromatic N) is 9. The maximum Gasteiger partial charge on any atom is 0.416 e. The number of piperazine rings is 1. The summed E-state index contributed by atoms with van der Waals surface area (Å²) in [7, 11) is 3.20. The van der Waals surface area contributed by atoms with Crippen molar-refractivity contribution < 1.29 is 36.7 Å². The summed E-state index contributed by atoms with van der Waals surface area (Å²) >= 11 is 0. The molecule has 2 N–H and O–H groups in total. The monoisotopic (exact) mass is 975 g/mol. The molecular weight excluding hydrogens is 927 g/mol. The highest BCUT2D eigenvalue weighted by Crippen LogP contribution is 2.38. The van der Waals surface area contributed by atoms with Crippen LogP contribution in [0.4, 0.5) is 28.9 Å². The molecule has 3 aliphatic heterocycles. The highest BCUT2D eigenvalue weighted by Gasteiger charge is 2.36. The van der Waals surface area contributed by atoms with Crippen LogP contribution in [0.25, 0.3) is 38.9 Å². The summed E-state index contributed by atoms with van der Waals surface area (Å²) in [6.45, 7) is 5.15. The number of halogens is 4. The molecule has 0 saturated carbocycles. The zero-order chi connectivity index (χ0) is 50.0. The number of alkyl halides is 3. The van der Waals surface area contributed by atoms with E-state index in [0.717, 1.165) is 36.7 Å². The number of amides is 4. The van der Waals surface area contributed by atoms with E-state index in [0.29, 0.717) is 67.2 Å². The van der Waals surface area contributed by atoms with Crippen LogP contribution in [0.15, 0.2) is 94.8 Å². The zero-order valence-electron chi connectivity index (χ0n) is 39.0. The van der Waals surface area contributed by atoms with Crippen LogP contribution in [-0.4, -0.2) is 107 Å². The van der Waals surface area contributed by atoms with Gasteiger partial charge in [0.15, 0.2) is 0 Å². The molecule has 0 radical (unpaired) electrons. The first kappa shape index (κ1) is 46.9. The Morgan fingerprint density at radius 1 is 0.817 bits per heavy atom. The predicted octanol–water partition coefficient (Wildman–Crippen LogP) is 5.68. The minimum Gasteiger partial charge on any atom is -0.370 e. The molecule has 3 saturated heterocycles. The molecule has 6 heterocycles. The number of imide groups is 1. The van der Waals surface area contributed by atoms with Gasteiger partial charge in [-0.1, -0.05) is 18.2 Å². The molecule has 10 rings (SSSR count). The van der Waals surface area contributed by atoms with Crippen molar-refractivity contribution in [3.8, 4) is 16.9 Å². The molecule has 3 fully saturated rings. The third kappa shape index (κ3) is 8.46. The van der Waals surface area contributed by atoms with Crippen LogP contribution in [-0.2, 0) is 36.4 Å². The quantitative estimate of drug-likeness (QED) is 0.136. The maximum atomic E-state index is 15.5. The van der Waals surface area contributed by atoms with Gasteiger partial charge in [0.2, 0.25) is 11.8 Å². The molecule has 0 aliphatic carbocycles. The van der Waals surface area contributed by atoms with Gasteiger partial charge in [0, 0.05) is 89.1 Å². The number of imidazole rings is 1. The van der Waals surface area contributed by atoms with E-state index in [1.54, 1.807) is 58.3 Å². The molecule has 17 nitrogen and oxygen atoms in total. The van der Waals surface area contributed by atoms with Crippen LogP contribution >= 0.6 is 0 Å². The molecule has 4 aromatic carbocycles. The van der Waals surface area contributed by atoms with Crippen molar-refractivity contribution in [2.45, 2.75) is 57.4 Å². The van der Waals surface area contributed by atoms with Gasteiger partial charge in [-0.3, -0.25) is 38.5 Å². The van der Waals surface area contributed by atoms with Crippen molar-refractivity contribution in [3.05, 3.63) is 129 Å². The normalized spacial score (nSPS) is 17.4. The Balaban J connectivity index is 0.817. The molecule has 1 atom stereocenters. The fourth-order valence-corrected chi connectivity index (χ4v) is 10.5. The Labute approximate surface area is 402 Å². The van der Waals surface area contributed by atoms with Crippen LogP contribution < -0.4 is 26.9 Å². The molecule has 0 bridgehead atoms. The molecule has 71 heavy (non-hydrogen) atoms. The minimum absolute atomic E-state index is 0.0232. The molecule has 368 valence electrons. The third-order valence-corrected chi connectivity index (χ3v) is 14.1. The Hall–Kier alpha value is -7.81. The summed E-state index contributed by atoms with van der Waals surface area (Å²) in [5, 5.41) is 9.12. The fraction of sp³-hybridized carbons (Fsp3) is 0.340. The van der Waals surface area contributed by atoms with Gasteiger partial charge in [0.1, 0.15) is 18.2 Å². The average molecular weight is 976 g/mol. The second-order valence-corrected chi connectivity index (χ2v) is 18.2. The van der Waals surface area contributed by atoms with Crippen LogP contribution in [0, 0.1) is 5.82 Å². The van der Waals surface area contributed by atoms with E-state index >= 15 is 4.39 Å². The van der Waals surface area contributed by atoms with Gasteiger partial charge in [0.05, 0.1) is 44.6 Å². The summed E-state index contributed by atoms with van der Waals surface area (Å²) in [5.41, 5.74) is 1.87. The van der Waals surface area contributed by atoms with E-state index in [1.165, 1.54) is 39.3 Å². The molecule has 4 amide bonds. The number of anilines is 2. The predicted molar refractivity (Wildman–Crippen MR) is 256 cm³/mol. The maximum absolute atomic E-state index is 15.5. The Kier molecular flexibility index (Phi) is 12.0. The van der Waals surface area contributed by atoms with Crippen LogP contribution in [0.5, 0.6) is 0 Å². The smallest absolute Gasteiger partial charge is 0.370 e. The van der Waals surface area contributed by atoms with Gasteiger partial charge in [-0.15, -0.1) is 0 Å². The van der Waals surface area contributed by atoms with Crippen molar-refractivity contribution >= 4 is 56.9 Å². The first-order valence-electron chi connectivity index (χ1n) is 23.4. The second-order valence-electron chi connectivity index (χ2n) is 18.2. The Morgan fingerprint density at radius 3 is 2.21 bits per heavy atom. The van der Waals surface area contributed by atoms with Gasteiger partial charge in [-0.25, -0.2) is 23.2 Å². The van der Waals surface area contributed by atoms with Crippen LogP contribution in [0.2, 0.25) is 0 Å². The number of carbonyl (C=O) groups excluding carboxylic acids is 4. The highest BCUT2D eigenvalue weighted by atomic mass is 19.4. The number of aryl methyl sites for hydroxylation is 3. The number of piperidine rings is 2. The van der Waals surface area contributed by atoms with E-state index in [1.807, 2.05) is 18.2 Å². The zero-order valence-corrected chi connectivity index (χ0v) is 39.0. The summed E-state index contributed by atoms with van der Waals surface area (Å²) in [4.78, 5) is 84.7. The van der Waals surface area contributed by atoms with E-state index in [-0.39, 0.29) is 70.4 Å². The van der Waals surface area contributed by atoms with Crippen molar-refractivity contribution in [2.24, 2.45) is 14.1 Å². The lowest BCUT2D eigenvalue weighted by Gasteiger charge is -2.43. The van der Waals surface area contributed by atoms with E-state index in [2.05, 4.69) is 25.5 Å². The number of hydrogen-bond acceptors (Lipinski definition) is 9. The largest absolute Gasteiger partial charge is 0.416 e. The second kappa shape index (κ2) is 18.2. The lowest BCUT2D eigenvalue weighted by Crippen LogP contribution is -2.54. The summed E-state index contributed by atoms with van der Waals surface area (Å²) in [5.74, 6) is -3.13. The first-order chi connectivity index (χ1) is 34.0. The lowest BCUT2D eigenvalue weighted by atomic mass is 10.0. The first-order valence-corrected chi connectivity index (χ1v) is 23.4. The summed E-state index contributed by atoms with van der Waals surface area (Å²) in [6, 6.07) is 18.7. The fourth-order valence-electron chi connectivity index (χ4n) is 10.5. The SMILES string of the molecule is CCn1c(-c2ccc(-n3cnn(C)c3=O)cc2)cc2cc(C(F)(F)F)cc(C(=O)Nc3ccc(F)c(C(=O)N4CCN(C5CCN(c6cccc7c6n(C)c(=O)n7C6CCC(=O)NC6=O)CC5)CC4)c3)c21. The number of fused-ring (bicyclic) bond motifs is 2. The third-order valence-electron chi connectivity index (χ3n) is 14.1. The van der Waals surface area contributed by atoms with Gasteiger partial charge >= 0.3 is 17.6 Å². The minimum atomic E-state index is -4.79. The number of para-hydroxylation sites is 1. The number of rotatable bonds is 9. The molecule has 3 aliphatic rings. The number of benzene rings is 4. The van der Waals surface area contributed by atoms with Gasteiger partial charge < -0.3 is 19.7 Å². The summed E-state index contributed by atoms with van der Waals surface area (Å²) < 4.78 is 65.8. The van der Waals surface area contributed by atoms with Crippen molar-refractivity contribution in [1.29, 1.82) is 0 Å². The molecule has 3 aromatic heterocycles. The molecular formula is C50H49F4N11O6. The van der Waals surface area contributed by atoms with Crippen molar-refractivity contribution in [2.75, 3.05) is 49.5 Å². The van der Waals surface area contributed by atoms with E-state index in [4.69, 9.17) is 0 Å². The highest BCUT2D eigenvalue weighted by molar-refractivity contribution is 6.13. The summed E-state index contributed by atoms with van der Waals surface area (Å²) in [6.07, 6.45) is -1.43. The van der Waals surface area contributed by atoms with Crippen LogP contribution in [0.3, 0.4) is 0 Å². The topological polar surface area (TPSA) is 174 Å². The molecule has 0 spiro atoms. The number of nitrogens with one attached hydrogen (secondary N) is 2. The molecule has 7 aromatic rings. The van der Waals surface area contributed by atoms with Crippen molar-refractivity contribution in [3.63, 3.8) is 0 Å². The van der Waals surface area contributed by atoms with E-state index in [9.17, 15) is 41.9 Å². The average Bonchev–Trinajstić information content (AvgIpc) is 4.00. The van der Waals surface area contributed by atoms with Crippen LogP contribution in [0.1, 0.15) is 64.9 Å². The van der Waals surface area contributed by atoms with Crippen molar-refractivity contribution in [1.82, 2.24) is 43.2 Å². The Morgan fingerprint density at radius 2 is 1.55 bits per heavy atom. The standard InChI is InChI=1S/C50H49F4N11O6/c1-4-63-41(29-8-11-34(12-9-29)64-28-55-59(3)49(64)71)25-30-24-31(50(52,53)54)26-36(43(30)63)45(67)56-32-10-13-37(51)35(27-32)47(69)62-22-20-60(21-23-62)33-16-18-61(19-17-33)38-6-5-7-39-44(38)58(2)48(70)65(39)40-14-15-42(66)57-46(40)68/h5-13,24-28,33,40H,4,14-23H2,1-3H3,(H,56,67)(H,57,66,68). The lowest BCUT2D eigenvalue weighted by molar-refractivity contribution is -0.138. The van der Waals surface area contributed by atoms with Gasteiger partial charge in [-0.05, 0) is 92.4 Å².